The number of rotatable bonds is 3. The van der Waals surface area contributed by atoms with Gasteiger partial charge < -0.3 is 9.88 Å². The first-order valence-electron chi connectivity index (χ1n) is 6.09. The molecule has 1 atom stereocenters. The van der Waals surface area contributed by atoms with Crippen LogP contribution in [0.15, 0.2) is 11.2 Å². The van der Waals surface area contributed by atoms with Crippen molar-refractivity contribution in [2.45, 2.75) is 30.8 Å². The number of nitrogens with zero attached hydrogens (tertiary/aromatic N) is 3. The summed E-state index contributed by atoms with van der Waals surface area (Å²) in [6.07, 6.45) is 3.33. The standard InChI is InChI=1S/C11H20N4O2S/c1-9-12-7-11(13-9)18(16,17)15-6-4-5-10(8-15)14(2)3/h7,10H,4-6,8H2,1-3H3,(H,12,13). The fourth-order valence-corrected chi connectivity index (χ4v) is 3.71. The molecule has 1 aliphatic heterocycles. The summed E-state index contributed by atoms with van der Waals surface area (Å²) in [5.74, 6) is 0.620. The van der Waals surface area contributed by atoms with E-state index in [0.717, 1.165) is 12.8 Å². The van der Waals surface area contributed by atoms with Crippen molar-refractivity contribution in [3.05, 3.63) is 12.0 Å². The van der Waals surface area contributed by atoms with Gasteiger partial charge in [-0.15, -0.1) is 0 Å². The summed E-state index contributed by atoms with van der Waals surface area (Å²) < 4.78 is 26.4. The second-order valence-corrected chi connectivity index (χ2v) is 6.86. The smallest absolute Gasteiger partial charge is 0.260 e. The number of nitrogens with one attached hydrogen (secondary N) is 1. The van der Waals surface area contributed by atoms with E-state index in [9.17, 15) is 8.42 Å². The number of hydrogen-bond acceptors (Lipinski definition) is 4. The summed E-state index contributed by atoms with van der Waals surface area (Å²) in [5, 5.41) is 0.194. The van der Waals surface area contributed by atoms with Gasteiger partial charge in [-0.1, -0.05) is 0 Å². The molecule has 0 aliphatic carbocycles. The van der Waals surface area contributed by atoms with E-state index >= 15 is 0 Å². The minimum Gasteiger partial charge on any atom is -0.332 e. The molecule has 1 saturated heterocycles. The highest BCUT2D eigenvalue weighted by atomic mass is 32.2. The molecule has 1 unspecified atom stereocenters. The lowest BCUT2D eigenvalue weighted by molar-refractivity contribution is 0.190. The highest BCUT2D eigenvalue weighted by molar-refractivity contribution is 7.89. The van der Waals surface area contributed by atoms with Crippen LogP contribution in [0.1, 0.15) is 18.7 Å². The van der Waals surface area contributed by atoms with Gasteiger partial charge >= 0.3 is 0 Å². The SMILES string of the molecule is Cc1ncc(S(=O)(=O)N2CCCC(N(C)C)C2)[nH]1. The van der Waals surface area contributed by atoms with Gasteiger partial charge in [0.1, 0.15) is 5.82 Å². The Balaban J connectivity index is 2.20. The monoisotopic (exact) mass is 272 g/mol. The van der Waals surface area contributed by atoms with Crippen molar-refractivity contribution in [1.82, 2.24) is 19.2 Å². The van der Waals surface area contributed by atoms with E-state index < -0.39 is 10.0 Å². The zero-order valence-corrected chi connectivity index (χ0v) is 11.9. The van der Waals surface area contributed by atoms with Crippen LogP contribution in [0.5, 0.6) is 0 Å². The summed E-state index contributed by atoms with van der Waals surface area (Å²) in [6, 6.07) is 0.289. The van der Waals surface area contributed by atoms with Crippen molar-refractivity contribution in [3.63, 3.8) is 0 Å². The zero-order valence-electron chi connectivity index (χ0n) is 11.0. The third-order valence-corrected chi connectivity index (χ3v) is 5.16. The summed E-state index contributed by atoms with van der Waals surface area (Å²) in [6.45, 7) is 2.88. The number of sulfonamides is 1. The van der Waals surface area contributed by atoms with Gasteiger partial charge in [0.25, 0.3) is 10.0 Å². The van der Waals surface area contributed by atoms with Gasteiger partial charge in [-0.05, 0) is 33.9 Å². The maximum absolute atomic E-state index is 12.4. The number of likely N-dealkylation sites (N-methyl/N-ethyl adjacent to an activating group) is 1. The van der Waals surface area contributed by atoms with Crippen LogP contribution in [0.4, 0.5) is 0 Å². The third kappa shape index (κ3) is 2.57. The van der Waals surface area contributed by atoms with E-state index in [4.69, 9.17) is 0 Å². The normalized spacial score (nSPS) is 22.6. The molecule has 0 amide bonds. The maximum Gasteiger partial charge on any atom is 0.260 e. The number of imidazole rings is 1. The number of aromatic amines is 1. The minimum absolute atomic E-state index is 0.194. The van der Waals surface area contributed by atoms with Crippen LogP contribution in [0, 0.1) is 6.92 Å². The van der Waals surface area contributed by atoms with Crippen molar-refractivity contribution in [3.8, 4) is 0 Å². The molecule has 18 heavy (non-hydrogen) atoms. The predicted octanol–water partition coefficient (Wildman–Crippen LogP) is 0.433. The summed E-state index contributed by atoms with van der Waals surface area (Å²) in [5.41, 5.74) is 0. The molecule has 1 aromatic rings. The predicted molar refractivity (Wildman–Crippen MR) is 68.8 cm³/mol. The third-order valence-electron chi connectivity index (χ3n) is 3.39. The number of H-pyrrole nitrogens is 1. The van der Waals surface area contributed by atoms with E-state index in [1.165, 1.54) is 6.20 Å². The van der Waals surface area contributed by atoms with Crippen LogP contribution in [0.25, 0.3) is 0 Å². The second-order valence-electron chi connectivity index (χ2n) is 4.96. The van der Waals surface area contributed by atoms with Gasteiger partial charge in [0.15, 0.2) is 5.03 Å². The van der Waals surface area contributed by atoms with Gasteiger partial charge in [0.2, 0.25) is 0 Å². The lowest BCUT2D eigenvalue weighted by atomic mass is 10.1. The molecule has 1 aliphatic rings. The maximum atomic E-state index is 12.4. The van der Waals surface area contributed by atoms with Crippen molar-refractivity contribution in [2.24, 2.45) is 0 Å². The van der Waals surface area contributed by atoms with Crippen LogP contribution in [0.3, 0.4) is 0 Å². The van der Waals surface area contributed by atoms with E-state index in [-0.39, 0.29) is 11.1 Å². The van der Waals surface area contributed by atoms with Crippen molar-refractivity contribution >= 4 is 10.0 Å². The van der Waals surface area contributed by atoms with Crippen molar-refractivity contribution < 1.29 is 8.42 Å². The molecular weight excluding hydrogens is 252 g/mol. The Kier molecular flexibility index (Phi) is 3.74. The van der Waals surface area contributed by atoms with Crippen molar-refractivity contribution in [2.75, 3.05) is 27.2 Å². The summed E-state index contributed by atoms with van der Waals surface area (Å²) in [4.78, 5) is 8.85. The first-order valence-corrected chi connectivity index (χ1v) is 7.53. The number of hydrogen-bond donors (Lipinski definition) is 1. The van der Waals surface area contributed by atoms with Crippen LogP contribution >= 0.6 is 0 Å². The van der Waals surface area contributed by atoms with Gasteiger partial charge in [-0.25, -0.2) is 13.4 Å². The molecule has 6 nitrogen and oxygen atoms in total. The number of aryl methyl sites for hydroxylation is 1. The van der Waals surface area contributed by atoms with E-state index in [1.54, 1.807) is 11.2 Å². The topological polar surface area (TPSA) is 69.3 Å². The Morgan fingerprint density at radius 3 is 2.78 bits per heavy atom. The van der Waals surface area contributed by atoms with Gasteiger partial charge in [-0.2, -0.15) is 4.31 Å². The summed E-state index contributed by atoms with van der Waals surface area (Å²) in [7, 11) is 0.555. The molecule has 102 valence electrons. The van der Waals surface area contributed by atoms with Crippen LogP contribution < -0.4 is 0 Å². The summed E-state index contributed by atoms with van der Waals surface area (Å²) >= 11 is 0. The highest BCUT2D eigenvalue weighted by Gasteiger charge is 2.31. The fraction of sp³-hybridized carbons (Fsp3) is 0.727. The highest BCUT2D eigenvalue weighted by Crippen LogP contribution is 2.21. The van der Waals surface area contributed by atoms with Gasteiger partial charge in [-0.3, -0.25) is 0 Å². The molecule has 1 N–H and O–H groups in total. The molecule has 0 aromatic carbocycles. The number of aromatic nitrogens is 2. The molecule has 1 aromatic heterocycles. The Morgan fingerprint density at radius 1 is 1.50 bits per heavy atom. The average molecular weight is 272 g/mol. The van der Waals surface area contributed by atoms with Crippen LogP contribution in [0.2, 0.25) is 0 Å². The molecule has 1 fully saturated rings. The second kappa shape index (κ2) is 4.99. The molecule has 2 rings (SSSR count). The molecule has 0 bridgehead atoms. The van der Waals surface area contributed by atoms with Crippen LogP contribution in [-0.4, -0.2) is 60.8 Å². The Labute approximate surface area is 108 Å². The van der Waals surface area contributed by atoms with Gasteiger partial charge in [0, 0.05) is 19.1 Å². The fourth-order valence-electron chi connectivity index (χ4n) is 2.23. The zero-order chi connectivity index (χ0) is 13.3. The lowest BCUT2D eigenvalue weighted by Gasteiger charge is -2.34. The molecule has 2 heterocycles. The first kappa shape index (κ1) is 13.5. The van der Waals surface area contributed by atoms with E-state index in [2.05, 4.69) is 14.9 Å². The molecule has 0 radical (unpaired) electrons. The quantitative estimate of drug-likeness (QED) is 0.866. The van der Waals surface area contributed by atoms with Gasteiger partial charge in [0.05, 0.1) is 6.20 Å². The van der Waals surface area contributed by atoms with E-state index in [1.807, 2.05) is 14.1 Å². The van der Waals surface area contributed by atoms with E-state index in [0.29, 0.717) is 18.9 Å². The Morgan fingerprint density at radius 2 is 2.22 bits per heavy atom. The Hall–Kier alpha value is -0.920. The lowest BCUT2D eigenvalue weighted by Crippen LogP contribution is -2.47. The molecule has 7 heteroatoms. The average Bonchev–Trinajstić information content (AvgIpc) is 2.77. The largest absolute Gasteiger partial charge is 0.332 e. The molecule has 0 saturated carbocycles. The first-order chi connectivity index (χ1) is 8.41. The molecule has 0 spiro atoms. The van der Waals surface area contributed by atoms with Crippen molar-refractivity contribution in [1.29, 1.82) is 0 Å². The Bertz CT molecular complexity index is 509. The minimum atomic E-state index is -3.42. The number of piperidine rings is 1. The molecular formula is C11H20N4O2S. The van der Waals surface area contributed by atoms with Crippen LogP contribution in [-0.2, 0) is 10.0 Å².